The van der Waals surface area contributed by atoms with Gasteiger partial charge in [0, 0.05) is 50.1 Å². The molecule has 3 heterocycles. The smallest absolute Gasteiger partial charge is 0.193 e. The Labute approximate surface area is 185 Å². The summed E-state index contributed by atoms with van der Waals surface area (Å²) in [5.74, 6) is 2.12. The molecule has 0 atom stereocenters. The molecule has 2 aromatic heterocycles. The first kappa shape index (κ1) is 19.9. The van der Waals surface area contributed by atoms with Gasteiger partial charge in [-0.05, 0) is 42.5 Å². The van der Waals surface area contributed by atoms with Crippen LogP contribution in [0.3, 0.4) is 0 Å². The molecule has 0 spiro atoms. The Morgan fingerprint density at radius 2 is 1.78 bits per heavy atom. The standard InChI is InChI=1S/C25H24N4O3/c1-31-18-6-7-19-22(30)16-23(32-24(19)15-18)17-5-8-21(20(26)14-17)28-10-12-29(13-11-28)25-4-2-3-9-27-25/h2-9,14-16H,10-13,26H2,1H3. The summed E-state index contributed by atoms with van der Waals surface area (Å²) in [5, 5.41) is 0.518. The lowest BCUT2D eigenvalue weighted by Crippen LogP contribution is -2.47. The molecule has 1 saturated heterocycles. The molecule has 5 rings (SSSR count). The highest BCUT2D eigenvalue weighted by Gasteiger charge is 2.20. The van der Waals surface area contributed by atoms with Gasteiger partial charge in [0.25, 0.3) is 0 Å². The Hall–Kier alpha value is -4.00. The zero-order valence-electron chi connectivity index (χ0n) is 17.8. The quantitative estimate of drug-likeness (QED) is 0.495. The number of pyridine rings is 1. The molecule has 0 saturated carbocycles. The minimum Gasteiger partial charge on any atom is -0.497 e. The lowest BCUT2D eigenvalue weighted by molar-refractivity contribution is 0.414. The van der Waals surface area contributed by atoms with Crippen LogP contribution in [0, 0.1) is 0 Å². The van der Waals surface area contributed by atoms with Gasteiger partial charge in [-0.25, -0.2) is 4.98 Å². The number of fused-ring (bicyclic) bond motifs is 1. The van der Waals surface area contributed by atoms with Crippen LogP contribution in [-0.4, -0.2) is 38.3 Å². The summed E-state index contributed by atoms with van der Waals surface area (Å²) in [4.78, 5) is 21.6. The zero-order valence-corrected chi connectivity index (χ0v) is 17.8. The molecule has 0 radical (unpaired) electrons. The van der Waals surface area contributed by atoms with Crippen molar-refractivity contribution in [1.82, 2.24) is 4.98 Å². The maximum Gasteiger partial charge on any atom is 0.193 e. The Bertz CT molecular complexity index is 1310. The van der Waals surface area contributed by atoms with Crippen LogP contribution in [0.25, 0.3) is 22.3 Å². The van der Waals surface area contributed by atoms with E-state index in [9.17, 15) is 4.79 Å². The van der Waals surface area contributed by atoms with E-state index in [1.165, 1.54) is 6.07 Å². The van der Waals surface area contributed by atoms with E-state index in [0.717, 1.165) is 43.2 Å². The average molecular weight is 428 g/mol. The Balaban J connectivity index is 1.39. The third kappa shape index (κ3) is 3.73. The van der Waals surface area contributed by atoms with E-state index in [1.807, 2.05) is 42.6 Å². The van der Waals surface area contributed by atoms with Crippen LogP contribution in [0.15, 0.2) is 76.1 Å². The monoisotopic (exact) mass is 428 g/mol. The number of hydrogen-bond acceptors (Lipinski definition) is 7. The Morgan fingerprint density at radius 3 is 2.50 bits per heavy atom. The van der Waals surface area contributed by atoms with Crippen LogP contribution >= 0.6 is 0 Å². The first-order valence-electron chi connectivity index (χ1n) is 10.5. The second kappa shape index (κ2) is 8.26. The fourth-order valence-corrected chi connectivity index (χ4v) is 4.12. The van der Waals surface area contributed by atoms with Crippen molar-refractivity contribution in [3.63, 3.8) is 0 Å². The molecule has 7 heteroatoms. The van der Waals surface area contributed by atoms with Gasteiger partial charge < -0.3 is 24.7 Å². The second-order valence-electron chi connectivity index (χ2n) is 7.77. The van der Waals surface area contributed by atoms with Crippen molar-refractivity contribution in [2.45, 2.75) is 0 Å². The molecular weight excluding hydrogens is 404 g/mol. The molecule has 0 aliphatic carbocycles. The molecule has 162 valence electrons. The molecule has 0 amide bonds. The molecule has 0 unspecified atom stereocenters. The summed E-state index contributed by atoms with van der Waals surface area (Å²) in [5.41, 5.74) is 9.21. The summed E-state index contributed by atoms with van der Waals surface area (Å²) < 4.78 is 11.3. The summed E-state index contributed by atoms with van der Waals surface area (Å²) in [6.45, 7) is 3.45. The number of aromatic nitrogens is 1. The van der Waals surface area contributed by atoms with Crippen LogP contribution in [0.5, 0.6) is 5.75 Å². The minimum atomic E-state index is -0.0998. The second-order valence-corrected chi connectivity index (χ2v) is 7.77. The minimum absolute atomic E-state index is 0.0998. The maximum atomic E-state index is 12.6. The van der Waals surface area contributed by atoms with Gasteiger partial charge in [-0.1, -0.05) is 6.07 Å². The third-order valence-electron chi connectivity index (χ3n) is 5.84. The van der Waals surface area contributed by atoms with Crippen molar-refractivity contribution in [3.05, 3.63) is 77.1 Å². The molecule has 1 fully saturated rings. The first-order valence-corrected chi connectivity index (χ1v) is 10.5. The van der Waals surface area contributed by atoms with E-state index >= 15 is 0 Å². The third-order valence-corrected chi connectivity index (χ3v) is 5.84. The highest BCUT2D eigenvalue weighted by atomic mass is 16.5. The van der Waals surface area contributed by atoms with E-state index < -0.39 is 0 Å². The van der Waals surface area contributed by atoms with Gasteiger partial charge in [0.15, 0.2) is 5.43 Å². The molecule has 2 N–H and O–H groups in total. The molecule has 1 aliphatic heterocycles. The van der Waals surface area contributed by atoms with Gasteiger partial charge in [0.05, 0.1) is 23.9 Å². The SMILES string of the molecule is COc1ccc2c(=O)cc(-c3ccc(N4CCN(c5ccccn5)CC4)c(N)c3)oc2c1. The predicted octanol–water partition coefficient (Wildman–Crippen LogP) is 3.77. The largest absolute Gasteiger partial charge is 0.497 e. The normalized spacial score (nSPS) is 14.0. The number of nitrogen functional groups attached to an aromatic ring is 1. The topological polar surface area (TPSA) is 84.8 Å². The average Bonchev–Trinajstić information content (AvgIpc) is 2.84. The highest BCUT2D eigenvalue weighted by Crippen LogP contribution is 2.31. The lowest BCUT2D eigenvalue weighted by Gasteiger charge is -2.37. The first-order chi connectivity index (χ1) is 15.6. The summed E-state index contributed by atoms with van der Waals surface area (Å²) in [6, 6.07) is 18.5. The van der Waals surface area contributed by atoms with Crippen LogP contribution in [0.4, 0.5) is 17.2 Å². The van der Waals surface area contributed by atoms with Crippen molar-refractivity contribution >= 4 is 28.2 Å². The zero-order chi connectivity index (χ0) is 22.1. The van der Waals surface area contributed by atoms with Gasteiger partial charge in [-0.3, -0.25) is 4.79 Å². The highest BCUT2D eigenvalue weighted by molar-refractivity contribution is 5.81. The van der Waals surface area contributed by atoms with Gasteiger partial charge in [-0.2, -0.15) is 0 Å². The van der Waals surface area contributed by atoms with Crippen molar-refractivity contribution < 1.29 is 9.15 Å². The fourth-order valence-electron chi connectivity index (χ4n) is 4.12. The summed E-state index contributed by atoms with van der Waals surface area (Å²) in [7, 11) is 1.58. The van der Waals surface area contributed by atoms with Crippen molar-refractivity contribution in [2.75, 3.05) is 48.8 Å². The molecular formula is C25H24N4O3. The number of benzene rings is 2. The number of hydrogen-bond donors (Lipinski definition) is 1. The van der Waals surface area contributed by atoms with Crippen LogP contribution in [0.1, 0.15) is 0 Å². The number of piperazine rings is 1. The van der Waals surface area contributed by atoms with E-state index in [-0.39, 0.29) is 5.43 Å². The molecule has 7 nitrogen and oxygen atoms in total. The van der Waals surface area contributed by atoms with Crippen molar-refractivity contribution in [1.29, 1.82) is 0 Å². The molecule has 32 heavy (non-hydrogen) atoms. The number of nitrogens with two attached hydrogens (primary N) is 1. The summed E-state index contributed by atoms with van der Waals surface area (Å²) in [6.07, 6.45) is 1.82. The van der Waals surface area contributed by atoms with Gasteiger partial charge in [0.1, 0.15) is 22.9 Å². The number of anilines is 3. The van der Waals surface area contributed by atoms with Crippen molar-refractivity contribution in [3.8, 4) is 17.1 Å². The van der Waals surface area contributed by atoms with Crippen molar-refractivity contribution in [2.24, 2.45) is 0 Å². The molecule has 4 aromatic rings. The number of methoxy groups -OCH3 is 1. The van der Waals surface area contributed by atoms with Crippen LogP contribution in [0.2, 0.25) is 0 Å². The van der Waals surface area contributed by atoms with Gasteiger partial charge >= 0.3 is 0 Å². The maximum absolute atomic E-state index is 12.6. The number of ether oxygens (including phenoxy) is 1. The van der Waals surface area contributed by atoms with E-state index in [2.05, 4.69) is 14.8 Å². The van der Waals surface area contributed by atoms with Gasteiger partial charge in [-0.15, -0.1) is 0 Å². The Morgan fingerprint density at radius 1 is 0.969 bits per heavy atom. The van der Waals surface area contributed by atoms with Crippen LogP contribution in [-0.2, 0) is 0 Å². The van der Waals surface area contributed by atoms with E-state index in [0.29, 0.717) is 28.2 Å². The number of rotatable bonds is 4. The van der Waals surface area contributed by atoms with E-state index in [4.69, 9.17) is 14.9 Å². The summed E-state index contributed by atoms with van der Waals surface area (Å²) >= 11 is 0. The Kier molecular flexibility index (Phi) is 5.15. The molecule has 1 aliphatic rings. The number of nitrogens with zero attached hydrogens (tertiary/aromatic N) is 3. The fraction of sp³-hybridized carbons (Fsp3) is 0.200. The lowest BCUT2D eigenvalue weighted by atomic mass is 10.1. The van der Waals surface area contributed by atoms with Crippen LogP contribution < -0.4 is 25.7 Å². The van der Waals surface area contributed by atoms with E-state index in [1.54, 1.807) is 25.3 Å². The molecule has 2 aromatic carbocycles. The molecule has 0 bridgehead atoms. The predicted molar refractivity (Wildman–Crippen MR) is 128 cm³/mol. The van der Waals surface area contributed by atoms with Gasteiger partial charge in [0.2, 0.25) is 0 Å².